The van der Waals surface area contributed by atoms with Crippen LogP contribution in [0.1, 0.15) is 59.3 Å². The van der Waals surface area contributed by atoms with E-state index in [1.165, 1.54) is 6.92 Å². The van der Waals surface area contributed by atoms with E-state index in [9.17, 15) is 24.0 Å². The molecule has 0 aromatic rings. The van der Waals surface area contributed by atoms with Crippen LogP contribution in [0, 0.1) is 11.8 Å². The summed E-state index contributed by atoms with van der Waals surface area (Å²) in [6, 6.07) is -2.12. The molecular weight excluding hydrogens is 382 g/mol. The third-order valence-electron chi connectivity index (χ3n) is 4.83. The van der Waals surface area contributed by atoms with Crippen LogP contribution in [0.15, 0.2) is 0 Å². The minimum absolute atomic E-state index is 0.0647. The molecule has 0 aromatic carbocycles. The lowest BCUT2D eigenvalue weighted by molar-refractivity contribution is -0.141. The fraction of sp³-hybridized carbons (Fsp3) is 0.737. The Kier molecular flexibility index (Phi) is 12.5. The minimum atomic E-state index is -1.17. The van der Waals surface area contributed by atoms with Crippen LogP contribution >= 0.6 is 0 Å². The SMILES string of the molecule is CCC(C[C@H](CC)CC(=O)NCC(=O)N[C@H](C)C(=O)O)C(=O)CC[C@H](N)C(=O)O. The molecule has 0 aromatic heterocycles. The van der Waals surface area contributed by atoms with Gasteiger partial charge in [-0.3, -0.25) is 24.0 Å². The zero-order valence-electron chi connectivity index (χ0n) is 17.3. The molecule has 29 heavy (non-hydrogen) atoms. The molecule has 0 aliphatic rings. The maximum Gasteiger partial charge on any atom is 0.325 e. The first-order chi connectivity index (χ1) is 13.5. The van der Waals surface area contributed by atoms with Crippen LogP contribution in [0.25, 0.3) is 0 Å². The molecule has 0 heterocycles. The lowest BCUT2D eigenvalue weighted by Gasteiger charge is -2.21. The zero-order valence-corrected chi connectivity index (χ0v) is 17.3. The van der Waals surface area contributed by atoms with Crippen molar-refractivity contribution < 1.29 is 34.2 Å². The monoisotopic (exact) mass is 415 g/mol. The second-order valence-corrected chi connectivity index (χ2v) is 7.17. The predicted molar refractivity (Wildman–Crippen MR) is 105 cm³/mol. The van der Waals surface area contributed by atoms with Gasteiger partial charge in [0.25, 0.3) is 0 Å². The number of nitrogens with two attached hydrogens (primary N) is 1. The van der Waals surface area contributed by atoms with Crippen LogP contribution < -0.4 is 16.4 Å². The van der Waals surface area contributed by atoms with E-state index in [4.69, 9.17) is 15.9 Å². The number of carbonyl (C=O) groups excluding carboxylic acids is 3. The Morgan fingerprint density at radius 2 is 1.59 bits per heavy atom. The third kappa shape index (κ3) is 11.2. The molecule has 2 amide bonds. The van der Waals surface area contributed by atoms with Crippen LogP contribution in [0.5, 0.6) is 0 Å². The van der Waals surface area contributed by atoms with Gasteiger partial charge in [0, 0.05) is 18.8 Å². The molecule has 6 N–H and O–H groups in total. The number of nitrogens with one attached hydrogen (secondary N) is 2. The maximum absolute atomic E-state index is 12.4. The molecule has 0 aliphatic carbocycles. The standard InChI is InChI=1S/C19H33N3O7/c1-4-12(8-13(5-2)15(23)7-6-14(20)19(28)29)9-16(24)21-10-17(25)22-11(3)18(26)27/h11-14H,4-10,20H2,1-3H3,(H,21,24)(H,22,25)(H,26,27)(H,28,29)/t11-,12+,13?,14+/m1/s1. The molecule has 4 atom stereocenters. The average molecular weight is 415 g/mol. The number of amides is 2. The number of Topliss-reactive ketones (excluding diaryl/α,β-unsaturated/α-hetero) is 1. The fourth-order valence-corrected chi connectivity index (χ4v) is 2.82. The van der Waals surface area contributed by atoms with Crippen molar-refractivity contribution in [3.63, 3.8) is 0 Å². The Labute approximate surface area is 170 Å². The molecule has 0 saturated heterocycles. The van der Waals surface area contributed by atoms with E-state index in [-0.39, 0.29) is 49.3 Å². The first kappa shape index (κ1) is 26.5. The highest BCUT2D eigenvalue weighted by atomic mass is 16.4. The lowest BCUT2D eigenvalue weighted by Crippen LogP contribution is -2.44. The fourth-order valence-electron chi connectivity index (χ4n) is 2.82. The van der Waals surface area contributed by atoms with Gasteiger partial charge in [0.1, 0.15) is 17.9 Å². The Morgan fingerprint density at radius 3 is 2.07 bits per heavy atom. The Balaban J connectivity index is 4.51. The molecule has 0 aliphatic heterocycles. The highest BCUT2D eigenvalue weighted by Gasteiger charge is 2.24. The molecule has 0 saturated carbocycles. The van der Waals surface area contributed by atoms with Crippen molar-refractivity contribution in [1.29, 1.82) is 0 Å². The second kappa shape index (κ2) is 13.6. The Bertz CT molecular complexity index is 594. The van der Waals surface area contributed by atoms with Gasteiger partial charge in [-0.05, 0) is 32.1 Å². The van der Waals surface area contributed by atoms with Gasteiger partial charge in [0.15, 0.2) is 0 Å². The van der Waals surface area contributed by atoms with Gasteiger partial charge in [-0.25, -0.2) is 0 Å². The molecule has 10 nitrogen and oxygen atoms in total. The Hall–Kier alpha value is -2.49. The Morgan fingerprint density at radius 1 is 0.966 bits per heavy atom. The highest BCUT2D eigenvalue weighted by Crippen LogP contribution is 2.24. The van der Waals surface area contributed by atoms with Crippen LogP contribution in [-0.4, -0.2) is 58.4 Å². The van der Waals surface area contributed by atoms with Gasteiger partial charge in [0.05, 0.1) is 6.54 Å². The molecule has 166 valence electrons. The van der Waals surface area contributed by atoms with E-state index in [0.29, 0.717) is 19.3 Å². The number of carbonyl (C=O) groups is 5. The minimum Gasteiger partial charge on any atom is -0.480 e. The summed E-state index contributed by atoms with van der Waals surface area (Å²) in [5, 5.41) is 22.2. The number of ketones is 1. The number of carboxylic acids is 2. The summed E-state index contributed by atoms with van der Waals surface area (Å²) in [5.41, 5.74) is 5.43. The summed E-state index contributed by atoms with van der Waals surface area (Å²) in [4.78, 5) is 57.5. The van der Waals surface area contributed by atoms with E-state index in [1.807, 2.05) is 13.8 Å². The van der Waals surface area contributed by atoms with Gasteiger partial charge in [-0.15, -0.1) is 0 Å². The average Bonchev–Trinajstić information content (AvgIpc) is 2.66. The topological polar surface area (TPSA) is 176 Å². The second-order valence-electron chi connectivity index (χ2n) is 7.17. The summed E-state index contributed by atoms with van der Waals surface area (Å²) in [6.45, 7) is 4.76. The quantitative estimate of drug-likeness (QED) is 0.253. The third-order valence-corrected chi connectivity index (χ3v) is 4.83. The van der Waals surface area contributed by atoms with Crippen LogP contribution in [-0.2, 0) is 24.0 Å². The van der Waals surface area contributed by atoms with E-state index in [1.54, 1.807) is 0 Å². The summed E-state index contributed by atoms with van der Waals surface area (Å²) in [5.74, 6) is -3.69. The number of hydrogen-bond donors (Lipinski definition) is 5. The van der Waals surface area contributed by atoms with Gasteiger partial charge in [-0.1, -0.05) is 20.3 Å². The van der Waals surface area contributed by atoms with Crippen LogP contribution in [0.2, 0.25) is 0 Å². The highest BCUT2D eigenvalue weighted by molar-refractivity contribution is 5.87. The predicted octanol–water partition coefficient (Wildman–Crippen LogP) is 0.286. The summed E-state index contributed by atoms with van der Waals surface area (Å²) in [7, 11) is 0. The van der Waals surface area contributed by atoms with Gasteiger partial charge >= 0.3 is 11.9 Å². The molecule has 1 unspecified atom stereocenters. The van der Waals surface area contributed by atoms with E-state index in [0.717, 1.165) is 0 Å². The smallest absolute Gasteiger partial charge is 0.325 e. The normalized spacial score (nSPS) is 14.9. The number of rotatable bonds is 15. The van der Waals surface area contributed by atoms with Crippen LogP contribution in [0.3, 0.4) is 0 Å². The molecule has 10 heteroatoms. The van der Waals surface area contributed by atoms with Crippen molar-refractivity contribution in [3.05, 3.63) is 0 Å². The van der Waals surface area contributed by atoms with E-state index in [2.05, 4.69) is 10.6 Å². The van der Waals surface area contributed by atoms with Crippen molar-refractivity contribution in [2.75, 3.05) is 6.54 Å². The molecule has 0 rings (SSSR count). The van der Waals surface area contributed by atoms with Crippen molar-refractivity contribution in [3.8, 4) is 0 Å². The first-order valence-electron chi connectivity index (χ1n) is 9.81. The zero-order chi connectivity index (χ0) is 22.6. The molecule has 0 bridgehead atoms. The van der Waals surface area contributed by atoms with Crippen molar-refractivity contribution in [1.82, 2.24) is 10.6 Å². The van der Waals surface area contributed by atoms with Gasteiger partial charge in [-0.2, -0.15) is 0 Å². The molecule has 0 spiro atoms. The maximum atomic E-state index is 12.4. The largest absolute Gasteiger partial charge is 0.480 e. The first-order valence-corrected chi connectivity index (χ1v) is 9.81. The van der Waals surface area contributed by atoms with Crippen molar-refractivity contribution in [2.24, 2.45) is 17.6 Å². The van der Waals surface area contributed by atoms with E-state index < -0.39 is 29.9 Å². The summed E-state index contributed by atoms with van der Waals surface area (Å²) in [6.07, 6.45) is 2.02. The number of aliphatic carboxylic acids is 2. The van der Waals surface area contributed by atoms with Crippen molar-refractivity contribution in [2.45, 2.75) is 71.4 Å². The van der Waals surface area contributed by atoms with Crippen LogP contribution in [0.4, 0.5) is 0 Å². The van der Waals surface area contributed by atoms with Gasteiger partial charge < -0.3 is 26.6 Å². The number of hydrogen-bond acceptors (Lipinski definition) is 6. The molecule has 0 fully saturated rings. The van der Waals surface area contributed by atoms with Gasteiger partial charge in [0.2, 0.25) is 11.8 Å². The summed E-state index contributed by atoms with van der Waals surface area (Å²) < 4.78 is 0. The number of carboxylic acid groups (broad SMARTS) is 2. The molecule has 0 radical (unpaired) electrons. The lowest BCUT2D eigenvalue weighted by atomic mass is 9.84. The van der Waals surface area contributed by atoms with E-state index >= 15 is 0 Å². The summed E-state index contributed by atoms with van der Waals surface area (Å²) >= 11 is 0. The van der Waals surface area contributed by atoms with Crippen molar-refractivity contribution >= 4 is 29.5 Å². The molecular formula is C19H33N3O7.